The van der Waals surface area contributed by atoms with E-state index in [1.165, 1.54) is 25.3 Å². The van der Waals surface area contributed by atoms with E-state index < -0.39 is 17.3 Å². The van der Waals surface area contributed by atoms with E-state index in [9.17, 15) is 19.1 Å². The van der Waals surface area contributed by atoms with Gasteiger partial charge in [-0.1, -0.05) is 30.0 Å². The molecule has 2 N–H and O–H groups in total. The summed E-state index contributed by atoms with van der Waals surface area (Å²) in [6.45, 7) is 0. The van der Waals surface area contributed by atoms with E-state index in [0.717, 1.165) is 22.4 Å². The standard InChI is InChI=1S/C19H16FN3O4S/c1-27-13-6-4-5-12(9-13)21-17(25)11-28-19-22-16(24)10-18(26)23(19)15-8-3-2-7-14(15)20/h2-10,24H,11H2,1H3,(H,21,25). The van der Waals surface area contributed by atoms with Gasteiger partial charge >= 0.3 is 0 Å². The molecule has 3 aromatic rings. The minimum absolute atomic E-state index is 0.00380. The van der Waals surface area contributed by atoms with Crippen molar-refractivity contribution in [1.29, 1.82) is 0 Å². The molecule has 0 saturated heterocycles. The van der Waals surface area contributed by atoms with Crippen molar-refractivity contribution in [2.75, 3.05) is 18.2 Å². The second-order valence-electron chi connectivity index (χ2n) is 5.59. The number of anilines is 1. The van der Waals surface area contributed by atoms with Crippen molar-refractivity contribution in [2.45, 2.75) is 5.16 Å². The number of methoxy groups -OCH3 is 1. The molecule has 0 saturated carbocycles. The number of hydrogen-bond acceptors (Lipinski definition) is 6. The van der Waals surface area contributed by atoms with Crippen molar-refractivity contribution in [1.82, 2.24) is 9.55 Å². The van der Waals surface area contributed by atoms with Crippen LogP contribution >= 0.6 is 11.8 Å². The SMILES string of the molecule is COc1cccc(NC(=O)CSc2nc(O)cc(=O)n2-c2ccccc2F)c1. The maximum absolute atomic E-state index is 14.1. The summed E-state index contributed by atoms with van der Waals surface area (Å²) in [4.78, 5) is 28.4. The molecule has 0 unspecified atom stereocenters. The summed E-state index contributed by atoms with van der Waals surface area (Å²) in [6, 6.07) is 13.4. The zero-order chi connectivity index (χ0) is 20.1. The molecular formula is C19H16FN3O4S. The van der Waals surface area contributed by atoms with Crippen LogP contribution in [0.1, 0.15) is 0 Å². The molecule has 0 aliphatic carbocycles. The first-order valence-electron chi connectivity index (χ1n) is 8.12. The summed E-state index contributed by atoms with van der Waals surface area (Å²) in [5, 5.41) is 12.3. The van der Waals surface area contributed by atoms with E-state index in [1.807, 2.05) is 0 Å². The highest BCUT2D eigenvalue weighted by Crippen LogP contribution is 2.22. The Bertz CT molecular complexity index is 1070. The molecule has 0 aliphatic heterocycles. The van der Waals surface area contributed by atoms with Crippen molar-refractivity contribution in [3.8, 4) is 17.3 Å². The zero-order valence-corrected chi connectivity index (χ0v) is 15.6. The summed E-state index contributed by atoms with van der Waals surface area (Å²) < 4.78 is 20.3. The van der Waals surface area contributed by atoms with Gasteiger partial charge in [0.25, 0.3) is 5.56 Å². The first-order chi connectivity index (χ1) is 13.5. The minimum atomic E-state index is -0.659. The summed E-state index contributed by atoms with van der Waals surface area (Å²) in [5.74, 6) is -1.01. The maximum atomic E-state index is 14.1. The quantitative estimate of drug-likeness (QED) is 0.487. The molecule has 9 heteroatoms. The Kier molecular flexibility index (Phi) is 5.95. The van der Waals surface area contributed by atoms with Crippen LogP contribution in [0.2, 0.25) is 0 Å². The number of para-hydroxylation sites is 1. The molecule has 0 radical (unpaired) electrons. The third-order valence-electron chi connectivity index (χ3n) is 3.65. The first-order valence-corrected chi connectivity index (χ1v) is 9.11. The zero-order valence-electron chi connectivity index (χ0n) is 14.8. The van der Waals surface area contributed by atoms with Crippen molar-refractivity contribution < 1.29 is 19.0 Å². The Balaban J connectivity index is 1.81. The molecule has 1 heterocycles. The number of carbonyl (C=O) groups is 1. The normalized spacial score (nSPS) is 10.5. The number of benzene rings is 2. The summed E-state index contributed by atoms with van der Waals surface area (Å²) in [7, 11) is 1.52. The average molecular weight is 401 g/mol. The van der Waals surface area contributed by atoms with Gasteiger partial charge in [-0.25, -0.2) is 4.39 Å². The number of halogens is 1. The molecular weight excluding hydrogens is 385 g/mol. The van der Waals surface area contributed by atoms with Crippen LogP contribution in [0.3, 0.4) is 0 Å². The van der Waals surface area contributed by atoms with Gasteiger partial charge in [-0.2, -0.15) is 4.98 Å². The molecule has 0 aliphatic rings. The lowest BCUT2D eigenvalue weighted by molar-refractivity contribution is -0.113. The van der Waals surface area contributed by atoms with Crippen LogP contribution in [0.25, 0.3) is 5.69 Å². The predicted molar refractivity (Wildman–Crippen MR) is 104 cm³/mol. The number of carbonyl (C=O) groups excluding carboxylic acids is 1. The Hall–Kier alpha value is -3.33. The highest BCUT2D eigenvalue weighted by Gasteiger charge is 2.15. The number of aromatic nitrogens is 2. The second-order valence-corrected chi connectivity index (χ2v) is 6.53. The van der Waals surface area contributed by atoms with E-state index >= 15 is 0 Å². The van der Waals surface area contributed by atoms with E-state index in [1.54, 1.807) is 30.3 Å². The number of amides is 1. The van der Waals surface area contributed by atoms with E-state index in [2.05, 4.69) is 10.3 Å². The molecule has 28 heavy (non-hydrogen) atoms. The molecule has 0 bridgehead atoms. The van der Waals surface area contributed by atoms with E-state index in [4.69, 9.17) is 4.74 Å². The van der Waals surface area contributed by atoms with Gasteiger partial charge < -0.3 is 15.2 Å². The third kappa shape index (κ3) is 4.49. The number of thioether (sulfide) groups is 1. The summed E-state index contributed by atoms with van der Waals surface area (Å²) in [5.41, 5.74) is -0.135. The van der Waals surface area contributed by atoms with Crippen molar-refractivity contribution in [2.24, 2.45) is 0 Å². The lowest BCUT2D eigenvalue weighted by Crippen LogP contribution is -2.22. The first kappa shape index (κ1) is 19.4. The summed E-state index contributed by atoms with van der Waals surface area (Å²) >= 11 is 0.898. The van der Waals surface area contributed by atoms with Crippen LogP contribution in [0.4, 0.5) is 10.1 Å². The number of rotatable bonds is 6. The lowest BCUT2D eigenvalue weighted by atomic mass is 10.3. The smallest absolute Gasteiger partial charge is 0.262 e. The molecule has 0 fully saturated rings. The lowest BCUT2D eigenvalue weighted by Gasteiger charge is -2.12. The monoisotopic (exact) mass is 401 g/mol. The maximum Gasteiger partial charge on any atom is 0.262 e. The van der Waals surface area contributed by atoms with E-state index in [-0.39, 0.29) is 22.5 Å². The van der Waals surface area contributed by atoms with Crippen molar-refractivity contribution >= 4 is 23.4 Å². The van der Waals surface area contributed by atoms with Gasteiger partial charge in [-0.15, -0.1) is 0 Å². The molecule has 0 atom stereocenters. The predicted octanol–water partition coefficient (Wildman–Crippen LogP) is 2.82. The van der Waals surface area contributed by atoms with Gasteiger partial charge in [0.05, 0.1) is 24.6 Å². The van der Waals surface area contributed by atoms with Crippen LogP contribution in [0, 0.1) is 5.82 Å². The second kappa shape index (κ2) is 8.57. The highest BCUT2D eigenvalue weighted by molar-refractivity contribution is 7.99. The third-order valence-corrected chi connectivity index (χ3v) is 4.59. The molecule has 0 spiro atoms. The Morgan fingerprint density at radius 3 is 2.79 bits per heavy atom. The van der Waals surface area contributed by atoms with Crippen LogP contribution < -0.4 is 15.6 Å². The Labute approximate surface area is 163 Å². The minimum Gasteiger partial charge on any atom is -0.497 e. The number of ether oxygens (including phenoxy) is 1. The number of nitrogens with one attached hydrogen (secondary N) is 1. The fraction of sp³-hybridized carbons (Fsp3) is 0.105. The largest absolute Gasteiger partial charge is 0.497 e. The molecule has 3 rings (SSSR count). The number of hydrogen-bond donors (Lipinski definition) is 2. The van der Waals surface area contributed by atoms with Crippen LogP contribution in [0.15, 0.2) is 64.5 Å². The van der Waals surface area contributed by atoms with Crippen LogP contribution in [-0.4, -0.2) is 33.4 Å². The average Bonchev–Trinajstić information content (AvgIpc) is 2.67. The number of aromatic hydroxyl groups is 1. The fourth-order valence-electron chi connectivity index (χ4n) is 2.43. The summed E-state index contributed by atoms with van der Waals surface area (Å²) in [6.07, 6.45) is 0. The molecule has 1 amide bonds. The fourth-order valence-corrected chi connectivity index (χ4v) is 3.24. The van der Waals surface area contributed by atoms with Crippen LogP contribution in [0.5, 0.6) is 11.6 Å². The van der Waals surface area contributed by atoms with Gasteiger partial charge in [-0.3, -0.25) is 14.2 Å². The van der Waals surface area contributed by atoms with Gasteiger partial charge in [0.1, 0.15) is 11.6 Å². The molecule has 1 aromatic heterocycles. The highest BCUT2D eigenvalue weighted by atomic mass is 32.2. The van der Waals surface area contributed by atoms with Gasteiger partial charge in [0, 0.05) is 11.8 Å². The Morgan fingerprint density at radius 1 is 1.25 bits per heavy atom. The number of nitrogens with zero attached hydrogens (tertiary/aromatic N) is 2. The van der Waals surface area contributed by atoms with Gasteiger partial charge in [0.15, 0.2) is 5.16 Å². The van der Waals surface area contributed by atoms with E-state index in [0.29, 0.717) is 11.4 Å². The molecule has 144 valence electrons. The van der Waals surface area contributed by atoms with Gasteiger partial charge in [-0.05, 0) is 24.3 Å². The molecule has 7 nitrogen and oxygen atoms in total. The van der Waals surface area contributed by atoms with Crippen molar-refractivity contribution in [3.63, 3.8) is 0 Å². The topological polar surface area (TPSA) is 93.5 Å². The molecule has 2 aromatic carbocycles. The van der Waals surface area contributed by atoms with Gasteiger partial charge in [0.2, 0.25) is 11.8 Å². The Morgan fingerprint density at radius 2 is 2.04 bits per heavy atom. The van der Waals surface area contributed by atoms with Crippen molar-refractivity contribution in [3.05, 3.63) is 70.8 Å². The van der Waals surface area contributed by atoms with Crippen LogP contribution in [-0.2, 0) is 4.79 Å².